The molecular weight excluding hydrogens is 492 g/mol. The second kappa shape index (κ2) is 10.3. The van der Waals surface area contributed by atoms with Gasteiger partial charge >= 0.3 is 0 Å². The van der Waals surface area contributed by atoms with Crippen molar-refractivity contribution in [2.45, 2.75) is 45.2 Å². The fraction of sp³-hybridized carbons (Fsp3) is 0.276. The van der Waals surface area contributed by atoms with Crippen LogP contribution in [0, 0.1) is 0 Å². The molecule has 2 heterocycles. The lowest BCUT2D eigenvalue weighted by atomic mass is 10.0. The van der Waals surface area contributed by atoms with Crippen molar-refractivity contribution in [2.24, 2.45) is 0 Å². The Kier molecular flexibility index (Phi) is 6.89. The van der Waals surface area contributed by atoms with E-state index in [4.69, 9.17) is 21.1 Å². The standard InChI is InChI=1S/C29H27ClN2O5/c1-18(2)21-6-10-23(11-7-21)32-28(34)15-24(29(32)35)31(27(33)14-19-3-8-22(30)9-4-19)16-20-5-12-25-26(13-20)37-17-36-25/h3-13,18,24H,14-17H2,1-2H3. The van der Waals surface area contributed by atoms with Crippen LogP contribution in [0.1, 0.15) is 42.9 Å². The number of nitrogens with zero attached hydrogens (tertiary/aromatic N) is 2. The van der Waals surface area contributed by atoms with Crippen molar-refractivity contribution < 1.29 is 23.9 Å². The molecule has 1 fully saturated rings. The van der Waals surface area contributed by atoms with E-state index < -0.39 is 11.9 Å². The Hall–Kier alpha value is -3.84. The van der Waals surface area contributed by atoms with E-state index in [-0.39, 0.29) is 38.0 Å². The maximum absolute atomic E-state index is 13.6. The molecule has 2 aliphatic heterocycles. The third kappa shape index (κ3) is 5.18. The number of halogens is 1. The molecule has 0 bridgehead atoms. The van der Waals surface area contributed by atoms with Gasteiger partial charge in [-0.25, -0.2) is 4.90 Å². The fourth-order valence-corrected chi connectivity index (χ4v) is 4.75. The summed E-state index contributed by atoms with van der Waals surface area (Å²) < 4.78 is 10.9. The summed E-state index contributed by atoms with van der Waals surface area (Å²) in [6, 6.07) is 18.9. The Morgan fingerprint density at radius 3 is 2.35 bits per heavy atom. The maximum Gasteiger partial charge on any atom is 0.257 e. The summed E-state index contributed by atoms with van der Waals surface area (Å²) in [6.07, 6.45) is -0.00947. The summed E-state index contributed by atoms with van der Waals surface area (Å²) in [6.45, 7) is 4.44. The Bertz CT molecular complexity index is 1340. The van der Waals surface area contributed by atoms with Gasteiger partial charge in [-0.1, -0.05) is 55.8 Å². The molecule has 0 saturated carbocycles. The molecular formula is C29H27ClN2O5. The predicted molar refractivity (Wildman–Crippen MR) is 140 cm³/mol. The normalized spacial score (nSPS) is 16.5. The van der Waals surface area contributed by atoms with Crippen molar-refractivity contribution in [3.05, 3.63) is 88.4 Å². The first-order valence-electron chi connectivity index (χ1n) is 12.2. The highest BCUT2D eigenvalue weighted by molar-refractivity contribution is 6.30. The molecule has 0 aliphatic carbocycles. The molecule has 0 aromatic heterocycles. The number of carbonyl (C=O) groups excluding carboxylic acids is 3. The first-order chi connectivity index (χ1) is 17.8. The molecule has 7 nitrogen and oxygen atoms in total. The lowest BCUT2D eigenvalue weighted by Gasteiger charge is -2.28. The van der Waals surface area contributed by atoms with Crippen LogP contribution in [0.25, 0.3) is 0 Å². The zero-order chi connectivity index (χ0) is 26.1. The molecule has 0 N–H and O–H groups in total. The lowest BCUT2D eigenvalue weighted by molar-refractivity contribution is -0.138. The minimum absolute atomic E-state index is 0.0722. The maximum atomic E-state index is 13.6. The second-order valence-corrected chi connectivity index (χ2v) is 9.98. The quantitative estimate of drug-likeness (QED) is 0.407. The van der Waals surface area contributed by atoms with Gasteiger partial charge in [0.15, 0.2) is 11.5 Å². The Morgan fingerprint density at radius 2 is 1.65 bits per heavy atom. The summed E-state index contributed by atoms with van der Waals surface area (Å²) in [5.74, 6) is 0.543. The molecule has 1 unspecified atom stereocenters. The largest absolute Gasteiger partial charge is 0.454 e. The number of hydrogen-bond donors (Lipinski definition) is 0. The Morgan fingerprint density at radius 1 is 0.973 bits per heavy atom. The lowest BCUT2D eigenvalue weighted by Crippen LogP contribution is -2.45. The average Bonchev–Trinajstić information content (AvgIpc) is 3.47. The van der Waals surface area contributed by atoms with Crippen molar-refractivity contribution in [1.29, 1.82) is 0 Å². The van der Waals surface area contributed by atoms with Gasteiger partial charge in [-0.3, -0.25) is 14.4 Å². The fourth-order valence-electron chi connectivity index (χ4n) is 4.63. The van der Waals surface area contributed by atoms with Gasteiger partial charge in [-0.15, -0.1) is 0 Å². The second-order valence-electron chi connectivity index (χ2n) is 9.55. The minimum Gasteiger partial charge on any atom is -0.454 e. The van der Waals surface area contributed by atoms with Gasteiger partial charge in [0, 0.05) is 11.6 Å². The predicted octanol–water partition coefficient (Wildman–Crippen LogP) is 5.10. The van der Waals surface area contributed by atoms with Crippen LogP contribution in [0.4, 0.5) is 5.69 Å². The minimum atomic E-state index is -0.914. The van der Waals surface area contributed by atoms with Crippen LogP contribution in [0.5, 0.6) is 11.5 Å². The zero-order valence-electron chi connectivity index (χ0n) is 20.6. The summed E-state index contributed by atoms with van der Waals surface area (Å²) in [7, 11) is 0. The van der Waals surface area contributed by atoms with Gasteiger partial charge in [-0.05, 0) is 59.0 Å². The smallest absolute Gasteiger partial charge is 0.257 e. The van der Waals surface area contributed by atoms with E-state index in [0.29, 0.717) is 28.1 Å². The van der Waals surface area contributed by atoms with Crippen molar-refractivity contribution in [3.8, 4) is 11.5 Å². The van der Waals surface area contributed by atoms with Crippen molar-refractivity contribution in [2.75, 3.05) is 11.7 Å². The molecule has 3 amide bonds. The van der Waals surface area contributed by atoms with Gasteiger partial charge < -0.3 is 14.4 Å². The monoisotopic (exact) mass is 518 g/mol. The molecule has 5 rings (SSSR count). The molecule has 3 aromatic carbocycles. The van der Waals surface area contributed by atoms with E-state index in [1.165, 1.54) is 9.80 Å². The van der Waals surface area contributed by atoms with Crippen molar-refractivity contribution in [1.82, 2.24) is 4.90 Å². The molecule has 1 saturated heterocycles. The third-order valence-electron chi connectivity index (χ3n) is 6.70. The number of amides is 3. The van der Waals surface area contributed by atoms with Crippen LogP contribution in [-0.4, -0.2) is 35.5 Å². The number of hydrogen-bond acceptors (Lipinski definition) is 5. The average molecular weight is 519 g/mol. The van der Waals surface area contributed by atoms with Gasteiger partial charge in [0.05, 0.1) is 18.5 Å². The van der Waals surface area contributed by atoms with Crippen molar-refractivity contribution in [3.63, 3.8) is 0 Å². The molecule has 3 aromatic rings. The molecule has 37 heavy (non-hydrogen) atoms. The summed E-state index contributed by atoms with van der Waals surface area (Å²) in [5, 5.41) is 0.573. The molecule has 0 radical (unpaired) electrons. The topological polar surface area (TPSA) is 76.2 Å². The molecule has 2 aliphatic rings. The molecule has 1 atom stereocenters. The zero-order valence-corrected chi connectivity index (χ0v) is 21.4. The van der Waals surface area contributed by atoms with Gasteiger partial charge in [0.25, 0.3) is 5.91 Å². The van der Waals surface area contributed by atoms with E-state index in [1.54, 1.807) is 48.5 Å². The number of carbonyl (C=O) groups is 3. The first-order valence-corrected chi connectivity index (χ1v) is 12.6. The highest BCUT2D eigenvalue weighted by atomic mass is 35.5. The SMILES string of the molecule is CC(C)c1ccc(N2C(=O)CC(N(Cc3ccc4c(c3)OCO4)C(=O)Cc3ccc(Cl)cc3)C2=O)cc1. The van der Waals surface area contributed by atoms with E-state index in [9.17, 15) is 14.4 Å². The van der Waals surface area contributed by atoms with E-state index in [0.717, 1.165) is 16.7 Å². The van der Waals surface area contributed by atoms with Crippen LogP contribution in [-0.2, 0) is 27.3 Å². The van der Waals surface area contributed by atoms with E-state index in [2.05, 4.69) is 13.8 Å². The van der Waals surface area contributed by atoms with Gasteiger partial charge in [0.1, 0.15) is 6.04 Å². The van der Waals surface area contributed by atoms with Crippen molar-refractivity contribution >= 4 is 35.0 Å². The van der Waals surface area contributed by atoms with Crippen LogP contribution >= 0.6 is 11.6 Å². The van der Waals surface area contributed by atoms with E-state index >= 15 is 0 Å². The summed E-state index contributed by atoms with van der Waals surface area (Å²) in [4.78, 5) is 42.9. The number of rotatable bonds is 7. The number of ether oxygens (including phenoxy) is 2. The Labute approximate surface area is 220 Å². The number of imide groups is 1. The molecule has 8 heteroatoms. The molecule has 190 valence electrons. The summed E-state index contributed by atoms with van der Waals surface area (Å²) in [5.41, 5.74) is 3.16. The van der Waals surface area contributed by atoms with Crippen LogP contribution in [0.3, 0.4) is 0 Å². The van der Waals surface area contributed by atoms with E-state index in [1.807, 2.05) is 18.2 Å². The summed E-state index contributed by atoms with van der Waals surface area (Å²) >= 11 is 6.00. The number of anilines is 1. The van der Waals surface area contributed by atoms with Crippen LogP contribution < -0.4 is 14.4 Å². The first kappa shape index (κ1) is 24.8. The van der Waals surface area contributed by atoms with Crippen LogP contribution in [0.2, 0.25) is 5.02 Å². The van der Waals surface area contributed by atoms with Gasteiger partial charge in [-0.2, -0.15) is 0 Å². The third-order valence-corrected chi connectivity index (χ3v) is 6.95. The molecule has 0 spiro atoms. The van der Waals surface area contributed by atoms with Crippen LogP contribution in [0.15, 0.2) is 66.7 Å². The number of benzene rings is 3. The highest BCUT2D eigenvalue weighted by Crippen LogP contribution is 2.34. The number of fused-ring (bicyclic) bond motifs is 1. The van der Waals surface area contributed by atoms with Gasteiger partial charge in [0.2, 0.25) is 18.6 Å². The highest BCUT2D eigenvalue weighted by Gasteiger charge is 2.44. The Balaban J connectivity index is 1.43.